The number of piperazine rings is 1. The van der Waals surface area contributed by atoms with Crippen molar-refractivity contribution in [1.82, 2.24) is 20.0 Å². The van der Waals surface area contributed by atoms with Gasteiger partial charge in [0.05, 0.1) is 5.56 Å². The lowest BCUT2D eigenvalue weighted by Crippen LogP contribution is -2.58. The van der Waals surface area contributed by atoms with Crippen LogP contribution < -0.4 is 5.32 Å². The summed E-state index contributed by atoms with van der Waals surface area (Å²) >= 11 is 0. The van der Waals surface area contributed by atoms with E-state index in [-0.39, 0.29) is 23.0 Å². The van der Waals surface area contributed by atoms with E-state index in [0.29, 0.717) is 38.6 Å². The molecule has 2 fully saturated rings. The number of hydrogen-bond acceptors (Lipinski definition) is 3. The number of rotatable bonds is 4. The Hall–Kier alpha value is -2.15. The van der Waals surface area contributed by atoms with Gasteiger partial charge in [-0.25, -0.2) is 9.18 Å². The first kappa shape index (κ1) is 21.6. The molecule has 0 aromatic heterocycles. The zero-order valence-electron chi connectivity index (χ0n) is 17.8. The molecule has 0 radical (unpaired) electrons. The molecule has 0 bridgehead atoms. The molecule has 7 heteroatoms. The third-order valence-electron chi connectivity index (χ3n) is 6.14. The van der Waals surface area contributed by atoms with Gasteiger partial charge in [0, 0.05) is 44.8 Å². The summed E-state index contributed by atoms with van der Waals surface area (Å²) in [7, 11) is 0. The number of amides is 3. The number of nitrogens with one attached hydrogen (secondary N) is 1. The van der Waals surface area contributed by atoms with Crippen molar-refractivity contribution in [2.45, 2.75) is 39.2 Å². The minimum Gasteiger partial charge on any atom is -0.336 e. The van der Waals surface area contributed by atoms with Crippen LogP contribution in [0.15, 0.2) is 24.3 Å². The average molecular weight is 405 g/mol. The maximum atomic E-state index is 13.9. The molecule has 6 nitrogen and oxygen atoms in total. The van der Waals surface area contributed by atoms with Gasteiger partial charge in [0.15, 0.2) is 0 Å². The molecule has 1 unspecified atom stereocenters. The van der Waals surface area contributed by atoms with E-state index in [0.717, 1.165) is 13.1 Å². The number of carbonyl (C=O) groups excluding carboxylic acids is 2. The fraction of sp³-hybridized carbons (Fsp3) is 0.636. The third kappa shape index (κ3) is 5.26. The molecule has 0 aliphatic carbocycles. The van der Waals surface area contributed by atoms with Crippen molar-refractivity contribution in [3.63, 3.8) is 0 Å². The van der Waals surface area contributed by atoms with Gasteiger partial charge in [0.2, 0.25) is 0 Å². The van der Waals surface area contributed by atoms with Crippen molar-refractivity contribution >= 4 is 11.9 Å². The maximum absolute atomic E-state index is 13.9. The van der Waals surface area contributed by atoms with Crippen LogP contribution in [0.25, 0.3) is 0 Å². The van der Waals surface area contributed by atoms with Gasteiger partial charge < -0.3 is 15.1 Å². The molecule has 0 spiro atoms. The highest BCUT2D eigenvalue weighted by Crippen LogP contribution is 2.23. The average Bonchev–Trinajstić information content (AvgIpc) is 2.72. The molecule has 1 aromatic carbocycles. The third-order valence-corrected chi connectivity index (χ3v) is 6.14. The second-order valence-corrected chi connectivity index (χ2v) is 8.92. The Kier molecular flexibility index (Phi) is 6.77. The van der Waals surface area contributed by atoms with Crippen LogP contribution in [0.3, 0.4) is 0 Å². The Labute approximate surface area is 173 Å². The fourth-order valence-corrected chi connectivity index (χ4v) is 4.17. The first-order chi connectivity index (χ1) is 13.8. The Morgan fingerprint density at radius 3 is 2.41 bits per heavy atom. The molecule has 2 aliphatic rings. The van der Waals surface area contributed by atoms with Crippen LogP contribution >= 0.6 is 0 Å². The predicted octanol–water partition coefficient (Wildman–Crippen LogP) is 2.80. The van der Waals surface area contributed by atoms with Crippen molar-refractivity contribution in [2.75, 3.05) is 45.8 Å². The molecule has 1 N–H and O–H groups in total. The number of carbonyl (C=O) groups is 2. The predicted molar refractivity (Wildman–Crippen MR) is 111 cm³/mol. The number of hydrogen-bond donors (Lipinski definition) is 1. The van der Waals surface area contributed by atoms with E-state index in [4.69, 9.17) is 0 Å². The zero-order chi connectivity index (χ0) is 21.0. The lowest BCUT2D eigenvalue weighted by molar-refractivity contribution is 0.0630. The van der Waals surface area contributed by atoms with Crippen molar-refractivity contribution in [2.24, 2.45) is 5.92 Å². The normalized spacial score (nSPS) is 21.2. The van der Waals surface area contributed by atoms with Crippen LogP contribution in [0, 0.1) is 11.7 Å². The number of likely N-dealkylation sites (tertiary alicyclic amines) is 1. The smallest absolute Gasteiger partial charge is 0.317 e. The first-order valence-corrected chi connectivity index (χ1v) is 10.6. The number of halogens is 1. The van der Waals surface area contributed by atoms with Gasteiger partial charge in [-0.05, 0) is 51.3 Å². The van der Waals surface area contributed by atoms with Crippen LogP contribution in [0.2, 0.25) is 0 Å². The second kappa shape index (κ2) is 9.11. The maximum Gasteiger partial charge on any atom is 0.317 e. The molecule has 1 aromatic rings. The van der Waals surface area contributed by atoms with E-state index in [1.165, 1.54) is 25.0 Å². The minimum atomic E-state index is -0.507. The highest BCUT2D eigenvalue weighted by Gasteiger charge is 2.32. The van der Waals surface area contributed by atoms with Gasteiger partial charge in [0.1, 0.15) is 5.82 Å². The van der Waals surface area contributed by atoms with Crippen LogP contribution in [-0.2, 0) is 0 Å². The van der Waals surface area contributed by atoms with Gasteiger partial charge in [-0.15, -0.1) is 0 Å². The number of piperidine rings is 1. The number of benzene rings is 1. The Bertz CT molecular complexity index is 731. The number of urea groups is 1. The summed E-state index contributed by atoms with van der Waals surface area (Å²) < 4.78 is 13.9. The molecule has 2 aliphatic heterocycles. The SMILES string of the molecule is CC1CCCN(C(C)(C)CNC(=O)N2CCN(C(=O)c3ccccc3F)CC2)C1. The molecule has 2 heterocycles. The summed E-state index contributed by atoms with van der Waals surface area (Å²) in [5.74, 6) is -0.130. The van der Waals surface area contributed by atoms with Gasteiger partial charge in [-0.3, -0.25) is 9.69 Å². The minimum absolute atomic E-state index is 0.0860. The monoisotopic (exact) mass is 404 g/mol. The Morgan fingerprint density at radius 1 is 1.10 bits per heavy atom. The van der Waals surface area contributed by atoms with E-state index >= 15 is 0 Å². The number of nitrogens with zero attached hydrogens (tertiary/aromatic N) is 3. The Balaban J connectivity index is 1.47. The topological polar surface area (TPSA) is 55.9 Å². The summed E-state index contributed by atoms with van der Waals surface area (Å²) in [5.41, 5.74) is -0.00428. The lowest BCUT2D eigenvalue weighted by atomic mass is 9.93. The lowest BCUT2D eigenvalue weighted by Gasteiger charge is -2.43. The van der Waals surface area contributed by atoms with Crippen LogP contribution in [0.5, 0.6) is 0 Å². The van der Waals surface area contributed by atoms with Gasteiger partial charge in [-0.2, -0.15) is 0 Å². The van der Waals surface area contributed by atoms with Crippen molar-refractivity contribution in [3.8, 4) is 0 Å². The highest BCUT2D eigenvalue weighted by atomic mass is 19.1. The standard InChI is InChI=1S/C22H33FN4O2/c1-17-7-6-10-27(15-17)22(2,3)16-24-21(29)26-13-11-25(12-14-26)20(28)18-8-4-5-9-19(18)23/h4-5,8-9,17H,6-7,10-16H2,1-3H3,(H,24,29). The fourth-order valence-electron chi connectivity index (χ4n) is 4.17. The molecule has 3 rings (SSSR count). The summed E-state index contributed by atoms with van der Waals surface area (Å²) in [5, 5.41) is 3.07. The second-order valence-electron chi connectivity index (χ2n) is 8.92. The summed E-state index contributed by atoms with van der Waals surface area (Å²) in [6.07, 6.45) is 2.48. The van der Waals surface area contributed by atoms with Crippen LogP contribution in [-0.4, -0.2) is 78.0 Å². The van der Waals surface area contributed by atoms with E-state index in [1.54, 1.807) is 21.9 Å². The van der Waals surface area contributed by atoms with E-state index < -0.39 is 5.82 Å². The summed E-state index contributed by atoms with van der Waals surface area (Å²) in [4.78, 5) is 31.0. The molecule has 2 saturated heterocycles. The summed E-state index contributed by atoms with van der Waals surface area (Å²) in [6.45, 7) is 11.1. The molecule has 3 amide bonds. The quantitative estimate of drug-likeness (QED) is 0.840. The van der Waals surface area contributed by atoms with Gasteiger partial charge in [-0.1, -0.05) is 19.1 Å². The molecule has 29 heavy (non-hydrogen) atoms. The molecule has 1 atom stereocenters. The van der Waals surface area contributed by atoms with E-state index in [2.05, 4.69) is 31.0 Å². The molecular weight excluding hydrogens is 371 g/mol. The Morgan fingerprint density at radius 2 is 1.76 bits per heavy atom. The molecule has 160 valence electrons. The van der Waals surface area contributed by atoms with Crippen LogP contribution in [0.1, 0.15) is 44.0 Å². The largest absolute Gasteiger partial charge is 0.336 e. The van der Waals surface area contributed by atoms with Crippen molar-refractivity contribution in [3.05, 3.63) is 35.6 Å². The highest BCUT2D eigenvalue weighted by molar-refractivity contribution is 5.94. The van der Waals surface area contributed by atoms with Crippen LogP contribution in [0.4, 0.5) is 9.18 Å². The zero-order valence-corrected chi connectivity index (χ0v) is 17.8. The van der Waals surface area contributed by atoms with Gasteiger partial charge in [0.25, 0.3) is 5.91 Å². The van der Waals surface area contributed by atoms with Crippen molar-refractivity contribution < 1.29 is 14.0 Å². The van der Waals surface area contributed by atoms with Crippen molar-refractivity contribution in [1.29, 1.82) is 0 Å². The molecule has 0 saturated carbocycles. The van der Waals surface area contributed by atoms with E-state index in [1.807, 2.05) is 0 Å². The molecular formula is C22H33FN4O2. The first-order valence-electron chi connectivity index (χ1n) is 10.6. The van der Waals surface area contributed by atoms with Gasteiger partial charge >= 0.3 is 6.03 Å². The summed E-state index contributed by atoms with van der Waals surface area (Å²) in [6, 6.07) is 5.92. The van der Waals surface area contributed by atoms with E-state index in [9.17, 15) is 14.0 Å².